The van der Waals surface area contributed by atoms with E-state index in [0.717, 1.165) is 11.1 Å². The molecule has 0 spiro atoms. The largest absolute Gasteiger partial charge is 0.453 e. The van der Waals surface area contributed by atoms with Crippen LogP contribution in [0.1, 0.15) is 15.9 Å². The Hall–Kier alpha value is -3.12. The number of anilines is 1. The van der Waals surface area contributed by atoms with E-state index in [9.17, 15) is 4.79 Å². The van der Waals surface area contributed by atoms with Gasteiger partial charge in [0.2, 0.25) is 6.79 Å². The quantitative estimate of drug-likeness (QED) is 0.774. The summed E-state index contributed by atoms with van der Waals surface area (Å²) < 4.78 is 11.2. The molecular weight excluding hydrogens is 354 g/mol. The highest BCUT2D eigenvalue weighted by Crippen LogP contribution is 2.45. The molecule has 6 nitrogen and oxygen atoms in total. The number of carbonyl (C=O) groups is 1. The third-order valence-electron chi connectivity index (χ3n) is 4.19. The molecule has 7 heteroatoms. The molecule has 0 bridgehead atoms. The topological polar surface area (TPSA) is 85.6 Å². The maximum Gasteiger partial charge on any atom is 0.255 e. The first-order valence-electron chi connectivity index (χ1n) is 8.02. The van der Waals surface area contributed by atoms with Gasteiger partial charge in [0, 0.05) is 34.0 Å². The van der Waals surface area contributed by atoms with Gasteiger partial charge in [-0.15, -0.1) is 0 Å². The number of hydrogen-bond acceptors (Lipinski definition) is 5. The fourth-order valence-corrected chi connectivity index (χ4v) is 3.11. The van der Waals surface area contributed by atoms with Gasteiger partial charge in [-0.3, -0.25) is 4.79 Å². The number of halogens is 1. The number of ether oxygens (including phenoxy) is 2. The van der Waals surface area contributed by atoms with Crippen LogP contribution in [-0.4, -0.2) is 19.2 Å². The summed E-state index contributed by atoms with van der Waals surface area (Å²) >= 11 is 5.95. The number of fused-ring (bicyclic) bond motifs is 1. The Morgan fingerprint density at radius 2 is 2.04 bits per heavy atom. The SMILES string of the molecule is NC1=C(c2ccc(NC(=O)c3cccc(Cl)c3)c3c2OCO3)CNC=C1. The van der Waals surface area contributed by atoms with Crippen molar-refractivity contribution in [2.75, 3.05) is 18.7 Å². The number of amides is 1. The van der Waals surface area contributed by atoms with Crippen molar-refractivity contribution in [1.29, 1.82) is 0 Å². The van der Waals surface area contributed by atoms with Crippen molar-refractivity contribution in [2.24, 2.45) is 5.73 Å². The third-order valence-corrected chi connectivity index (χ3v) is 4.42. The molecule has 0 saturated carbocycles. The predicted molar refractivity (Wildman–Crippen MR) is 100 cm³/mol. The molecule has 0 radical (unpaired) electrons. The van der Waals surface area contributed by atoms with Gasteiger partial charge in [-0.25, -0.2) is 0 Å². The molecule has 4 rings (SSSR count). The minimum Gasteiger partial charge on any atom is -0.453 e. The lowest BCUT2D eigenvalue weighted by molar-refractivity contribution is 0.102. The van der Waals surface area contributed by atoms with E-state index in [1.54, 1.807) is 42.6 Å². The number of benzene rings is 2. The van der Waals surface area contributed by atoms with Crippen LogP contribution in [0.5, 0.6) is 11.5 Å². The van der Waals surface area contributed by atoms with Crippen LogP contribution in [0, 0.1) is 0 Å². The molecule has 0 unspecified atom stereocenters. The number of nitrogens with two attached hydrogens (primary N) is 1. The first kappa shape index (κ1) is 16.4. The molecule has 2 heterocycles. The normalized spacial score (nSPS) is 15.0. The maximum atomic E-state index is 12.5. The Morgan fingerprint density at radius 1 is 1.19 bits per heavy atom. The van der Waals surface area contributed by atoms with Gasteiger partial charge in [0.05, 0.1) is 5.69 Å². The number of dihydropyridines is 1. The van der Waals surface area contributed by atoms with Gasteiger partial charge in [-0.2, -0.15) is 0 Å². The second-order valence-electron chi connectivity index (χ2n) is 5.84. The second kappa shape index (κ2) is 6.65. The first-order valence-corrected chi connectivity index (χ1v) is 8.40. The lowest BCUT2D eigenvalue weighted by Crippen LogP contribution is -2.18. The molecule has 0 aromatic heterocycles. The fraction of sp³-hybridized carbons (Fsp3) is 0.105. The number of hydrogen-bond donors (Lipinski definition) is 3. The Kier molecular flexibility index (Phi) is 4.18. The van der Waals surface area contributed by atoms with Crippen molar-refractivity contribution in [3.05, 3.63) is 70.5 Å². The second-order valence-corrected chi connectivity index (χ2v) is 6.27. The van der Waals surface area contributed by atoms with Gasteiger partial charge in [0.15, 0.2) is 11.5 Å². The summed E-state index contributed by atoms with van der Waals surface area (Å²) in [6, 6.07) is 10.4. The van der Waals surface area contributed by atoms with Crippen LogP contribution in [0.4, 0.5) is 5.69 Å². The molecule has 2 aliphatic heterocycles. The Balaban J connectivity index is 1.68. The zero-order chi connectivity index (χ0) is 18.1. The Labute approximate surface area is 155 Å². The van der Waals surface area contributed by atoms with Crippen molar-refractivity contribution in [2.45, 2.75) is 0 Å². The fourth-order valence-electron chi connectivity index (χ4n) is 2.92. The summed E-state index contributed by atoms with van der Waals surface area (Å²) in [6.45, 7) is 0.676. The molecule has 0 saturated heterocycles. The molecule has 2 aromatic carbocycles. The zero-order valence-corrected chi connectivity index (χ0v) is 14.5. The predicted octanol–water partition coefficient (Wildman–Crippen LogP) is 3.11. The highest BCUT2D eigenvalue weighted by Gasteiger charge is 2.26. The number of rotatable bonds is 3. The van der Waals surface area contributed by atoms with Gasteiger partial charge >= 0.3 is 0 Å². The standard InChI is InChI=1S/C19H16ClN3O3/c20-12-3-1-2-11(8-12)19(24)23-16-5-4-13(17-18(16)26-10-25-17)14-9-22-7-6-15(14)21/h1-8,22H,9-10,21H2,(H,23,24). The van der Waals surface area contributed by atoms with Gasteiger partial charge in [0.25, 0.3) is 5.91 Å². The molecule has 26 heavy (non-hydrogen) atoms. The first-order chi connectivity index (χ1) is 12.6. The average Bonchev–Trinajstić information content (AvgIpc) is 3.13. The third kappa shape index (κ3) is 2.95. The van der Waals surface area contributed by atoms with E-state index < -0.39 is 0 Å². The smallest absolute Gasteiger partial charge is 0.255 e. The van der Waals surface area contributed by atoms with E-state index in [2.05, 4.69) is 10.6 Å². The van der Waals surface area contributed by atoms with Crippen LogP contribution in [0.15, 0.2) is 54.4 Å². The van der Waals surface area contributed by atoms with Gasteiger partial charge in [0.1, 0.15) is 0 Å². The number of nitrogens with one attached hydrogen (secondary N) is 2. The lowest BCUT2D eigenvalue weighted by Gasteiger charge is -2.17. The highest BCUT2D eigenvalue weighted by molar-refractivity contribution is 6.31. The van der Waals surface area contributed by atoms with Crippen LogP contribution in [0.3, 0.4) is 0 Å². The molecular formula is C19H16ClN3O3. The summed E-state index contributed by atoms with van der Waals surface area (Å²) in [5, 5.41) is 6.48. The molecule has 0 atom stereocenters. The Morgan fingerprint density at radius 3 is 2.85 bits per heavy atom. The molecule has 2 aromatic rings. The summed E-state index contributed by atoms with van der Waals surface area (Å²) in [5.74, 6) is 0.788. The highest BCUT2D eigenvalue weighted by atomic mass is 35.5. The van der Waals surface area contributed by atoms with Crippen LogP contribution >= 0.6 is 11.6 Å². The van der Waals surface area contributed by atoms with Crippen LogP contribution in [0.2, 0.25) is 5.02 Å². The average molecular weight is 370 g/mol. The zero-order valence-electron chi connectivity index (χ0n) is 13.7. The van der Waals surface area contributed by atoms with Crippen LogP contribution < -0.4 is 25.8 Å². The monoisotopic (exact) mass is 369 g/mol. The van der Waals surface area contributed by atoms with E-state index in [0.29, 0.717) is 40.0 Å². The van der Waals surface area contributed by atoms with Crippen molar-refractivity contribution in [1.82, 2.24) is 5.32 Å². The van der Waals surface area contributed by atoms with E-state index in [1.807, 2.05) is 6.07 Å². The van der Waals surface area contributed by atoms with E-state index in [-0.39, 0.29) is 12.7 Å². The summed E-state index contributed by atoms with van der Waals surface area (Å²) in [4.78, 5) is 12.5. The van der Waals surface area contributed by atoms with Crippen LogP contribution in [0.25, 0.3) is 5.57 Å². The minimum atomic E-state index is -0.279. The summed E-state index contributed by atoms with van der Waals surface area (Å²) in [6.07, 6.45) is 3.60. The van der Waals surface area contributed by atoms with Crippen molar-refractivity contribution >= 4 is 28.8 Å². The van der Waals surface area contributed by atoms with Gasteiger partial charge < -0.3 is 25.8 Å². The maximum absolute atomic E-state index is 12.5. The van der Waals surface area contributed by atoms with Gasteiger partial charge in [-0.05, 0) is 42.6 Å². The summed E-state index contributed by atoms with van der Waals surface area (Å²) in [7, 11) is 0. The molecule has 0 fully saturated rings. The van der Waals surface area contributed by atoms with Crippen LogP contribution in [-0.2, 0) is 0 Å². The molecule has 0 aliphatic carbocycles. The van der Waals surface area contributed by atoms with E-state index in [4.69, 9.17) is 26.8 Å². The van der Waals surface area contributed by atoms with Crippen molar-refractivity contribution < 1.29 is 14.3 Å². The molecule has 4 N–H and O–H groups in total. The summed E-state index contributed by atoms with van der Waals surface area (Å²) in [5.41, 5.74) is 9.50. The molecule has 2 aliphatic rings. The molecule has 1 amide bonds. The minimum absolute atomic E-state index is 0.0861. The van der Waals surface area contributed by atoms with E-state index in [1.165, 1.54) is 0 Å². The number of allylic oxidation sites excluding steroid dienone is 1. The van der Waals surface area contributed by atoms with Gasteiger partial charge in [-0.1, -0.05) is 17.7 Å². The van der Waals surface area contributed by atoms with E-state index >= 15 is 0 Å². The lowest BCUT2D eigenvalue weighted by atomic mass is 10.00. The van der Waals surface area contributed by atoms with Crippen molar-refractivity contribution in [3.63, 3.8) is 0 Å². The van der Waals surface area contributed by atoms with Crippen molar-refractivity contribution in [3.8, 4) is 11.5 Å². The number of carbonyl (C=O) groups excluding carboxylic acids is 1. The molecule has 132 valence electrons. The Bertz CT molecular complexity index is 953.